The van der Waals surface area contributed by atoms with Crippen LogP contribution in [0.3, 0.4) is 0 Å². The molecule has 2 heterocycles. The predicted molar refractivity (Wildman–Crippen MR) is 78.8 cm³/mol. The second kappa shape index (κ2) is 5.69. The lowest BCUT2D eigenvalue weighted by Crippen LogP contribution is -2.06. The van der Waals surface area contributed by atoms with E-state index in [4.69, 9.17) is 0 Å². The van der Waals surface area contributed by atoms with Gasteiger partial charge in [-0.25, -0.2) is 4.98 Å². The molecule has 0 fully saturated rings. The summed E-state index contributed by atoms with van der Waals surface area (Å²) in [6, 6.07) is 10.5. The second-order valence-corrected chi connectivity index (χ2v) is 4.73. The Morgan fingerprint density at radius 2 is 2.00 bits per heavy atom. The third-order valence-electron chi connectivity index (χ3n) is 3.27. The highest BCUT2D eigenvalue weighted by molar-refractivity contribution is 5.61. The number of hydrogen-bond acceptors (Lipinski definition) is 4. The molecule has 0 spiro atoms. The molecule has 0 unspecified atom stereocenters. The number of rotatable bonds is 5. The molecule has 3 aromatic rings. The van der Waals surface area contributed by atoms with Gasteiger partial charge in [0.2, 0.25) is 5.65 Å². The van der Waals surface area contributed by atoms with Crippen LogP contribution in [0.5, 0.6) is 0 Å². The van der Waals surface area contributed by atoms with Gasteiger partial charge in [0, 0.05) is 18.9 Å². The van der Waals surface area contributed by atoms with Crippen LogP contribution in [-0.2, 0) is 6.42 Å². The third kappa shape index (κ3) is 2.61. The molecule has 3 rings (SSSR count). The minimum atomic E-state index is 0.782. The smallest absolute Gasteiger partial charge is 0.203 e. The van der Waals surface area contributed by atoms with Crippen molar-refractivity contribution in [2.45, 2.75) is 19.8 Å². The van der Waals surface area contributed by atoms with E-state index in [9.17, 15) is 0 Å². The minimum absolute atomic E-state index is 0.782. The van der Waals surface area contributed by atoms with E-state index in [1.54, 1.807) is 6.20 Å². The van der Waals surface area contributed by atoms with Crippen molar-refractivity contribution < 1.29 is 0 Å². The van der Waals surface area contributed by atoms with Gasteiger partial charge in [0.15, 0.2) is 5.82 Å². The Hall–Kier alpha value is -2.43. The van der Waals surface area contributed by atoms with Gasteiger partial charge in [-0.15, -0.1) is 10.2 Å². The van der Waals surface area contributed by atoms with Gasteiger partial charge in [-0.3, -0.25) is 4.40 Å². The topological polar surface area (TPSA) is 55.1 Å². The highest BCUT2D eigenvalue weighted by Gasteiger charge is 2.06. The van der Waals surface area contributed by atoms with Crippen molar-refractivity contribution in [1.82, 2.24) is 19.6 Å². The Morgan fingerprint density at radius 3 is 2.85 bits per heavy atom. The first-order valence-electron chi connectivity index (χ1n) is 6.79. The van der Waals surface area contributed by atoms with E-state index in [0.29, 0.717) is 0 Å². The predicted octanol–water partition coefficient (Wildman–Crippen LogP) is 2.48. The van der Waals surface area contributed by atoms with E-state index in [0.717, 1.165) is 36.7 Å². The van der Waals surface area contributed by atoms with Gasteiger partial charge < -0.3 is 5.32 Å². The highest BCUT2D eigenvalue weighted by Crippen LogP contribution is 2.12. The summed E-state index contributed by atoms with van der Waals surface area (Å²) in [7, 11) is 0. The quantitative estimate of drug-likeness (QED) is 0.722. The van der Waals surface area contributed by atoms with E-state index >= 15 is 0 Å². The number of nitrogens with zero attached hydrogens (tertiary/aromatic N) is 4. The van der Waals surface area contributed by atoms with Crippen LogP contribution in [0.4, 0.5) is 5.82 Å². The summed E-state index contributed by atoms with van der Waals surface area (Å²) in [6.45, 7) is 2.80. The summed E-state index contributed by atoms with van der Waals surface area (Å²) in [5, 5.41) is 11.5. The summed E-state index contributed by atoms with van der Waals surface area (Å²) in [5.41, 5.74) is 2.14. The first-order chi connectivity index (χ1) is 9.84. The fourth-order valence-corrected chi connectivity index (χ4v) is 2.21. The third-order valence-corrected chi connectivity index (χ3v) is 3.27. The molecule has 0 bridgehead atoms. The molecule has 5 heteroatoms. The number of aromatic nitrogens is 4. The maximum absolute atomic E-state index is 4.33. The lowest BCUT2D eigenvalue weighted by atomic mass is 10.1. The molecule has 0 aliphatic heterocycles. The van der Waals surface area contributed by atoms with Gasteiger partial charge in [-0.2, -0.15) is 0 Å². The maximum atomic E-state index is 4.33. The average Bonchev–Trinajstić information content (AvgIpc) is 2.87. The van der Waals surface area contributed by atoms with E-state index in [1.165, 1.54) is 5.56 Å². The van der Waals surface area contributed by atoms with Crippen molar-refractivity contribution in [3.63, 3.8) is 0 Å². The van der Waals surface area contributed by atoms with Gasteiger partial charge in [-0.05, 0) is 25.3 Å². The van der Waals surface area contributed by atoms with Crippen LogP contribution < -0.4 is 5.32 Å². The van der Waals surface area contributed by atoms with Crippen molar-refractivity contribution in [3.05, 3.63) is 54.1 Å². The zero-order chi connectivity index (χ0) is 13.8. The maximum Gasteiger partial charge on any atom is 0.203 e. The van der Waals surface area contributed by atoms with Crippen LogP contribution in [-0.4, -0.2) is 26.1 Å². The van der Waals surface area contributed by atoms with E-state index in [1.807, 2.05) is 23.6 Å². The number of aryl methyl sites for hydroxylation is 2. The van der Waals surface area contributed by atoms with E-state index in [2.05, 4.69) is 44.8 Å². The fraction of sp³-hybridized carbons (Fsp3) is 0.267. The Bertz CT molecular complexity index is 690. The monoisotopic (exact) mass is 267 g/mol. The Balaban J connectivity index is 1.60. The van der Waals surface area contributed by atoms with Crippen molar-refractivity contribution in [3.8, 4) is 0 Å². The average molecular weight is 267 g/mol. The zero-order valence-electron chi connectivity index (χ0n) is 11.5. The minimum Gasteiger partial charge on any atom is -0.367 e. The lowest BCUT2D eigenvalue weighted by molar-refractivity contribution is 0.858. The number of nitrogens with one attached hydrogen (secondary N) is 1. The van der Waals surface area contributed by atoms with Gasteiger partial charge >= 0.3 is 0 Å². The normalized spacial score (nSPS) is 10.8. The Morgan fingerprint density at radius 1 is 1.15 bits per heavy atom. The zero-order valence-corrected chi connectivity index (χ0v) is 11.5. The molecule has 0 atom stereocenters. The second-order valence-electron chi connectivity index (χ2n) is 4.73. The fourth-order valence-electron chi connectivity index (χ4n) is 2.21. The Labute approximate surface area is 117 Å². The van der Waals surface area contributed by atoms with Gasteiger partial charge in [0.1, 0.15) is 5.82 Å². The van der Waals surface area contributed by atoms with Gasteiger partial charge in [-0.1, -0.05) is 30.3 Å². The molecule has 0 saturated carbocycles. The first kappa shape index (κ1) is 12.6. The molecule has 20 heavy (non-hydrogen) atoms. The van der Waals surface area contributed by atoms with Crippen molar-refractivity contribution in [1.29, 1.82) is 0 Å². The highest BCUT2D eigenvalue weighted by atomic mass is 15.3. The molecule has 0 radical (unpaired) electrons. The summed E-state index contributed by atoms with van der Waals surface area (Å²) >= 11 is 0. The van der Waals surface area contributed by atoms with E-state index < -0.39 is 0 Å². The summed E-state index contributed by atoms with van der Waals surface area (Å²) in [6.07, 6.45) is 5.76. The van der Waals surface area contributed by atoms with Gasteiger partial charge in [0.05, 0.1) is 0 Å². The molecule has 0 aliphatic rings. The van der Waals surface area contributed by atoms with Crippen LogP contribution in [0.25, 0.3) is 5.65 Å². The van der Waals surface area contributed by atoms with Crippen LogP contribution in [0.15, 0.2) is 42.7 Å². The van der Waals surface area contributed by atoms with Crippen LogP contribution in [0.2, 0.25) is 0 Å². The number of benzene rings is 1. The van der Waals surface area contributed by atoms with Crippen molar-refractivity contribution >= 4 is 11.5 Å². The number of anilines is 1. The van der Waals surface area contributed by atoms with E-state index in [-0.39, 0.29) is 0 Å². The number of hydrogen-bond donors (Lipinski definition) is 1. The molecule has 0 saturated heterocycles. The van der Waals surface area contributed by atoms with Gasteiger partial charge in [0.25, 0.3) is 0 Å². The van der Waals surface area contributed by atoms with Crippen LogP contribution in [0, 0.1) is 6.92 Å². The molecule has 1 aromatic carbocycles. The molecule has 102 valence electrons. The SMILES string of the molecule is Cc1nnc2c(NCCCc3ccccc3)nccn12. The van der Waals surface area contributed by atoms with Crippen LogP contribution in [0.1, 0.15) is 17.8 Å². The Kier molecular flexibility index (Phi) is 3.58. The first-order valence-corrected chi connectivity index (χ1v) is 6.79. The molecular formula is C15H17N5. The standard InChI is InChI=1S/C15H17N5/c1-12-18-19-15-14(17-10-11-20(12)15)16-9-5-8-13-6-3-2-4-7-13/h2-4,6-7,10-11H,5,8-9H2,1H3,(H,16,17). The van der Waals surface area contributed by atoms with Crippen LogP contribution >= 0.6 is 0 Å². The van der Waals surface area contributed by atoms with Crippen molar-refractivity contribution in [2.75, 3.05) is 11.9 Å². The molecule has 2 aromatic heterocycles. The lowest BCUT2D eigenvalue weighted by Gasteiger charge is -2.06. The molecule has 1 N–H and O–H groups in total. The summed E-state index contributed by atoms with van der Waals surface area (Å²) in [5.74, 6) is 1.66. The molecule has 0 aliphatic carbocycles. The molecule has 5 nitrogen and oxygen atoms in total. The summed E-state index contributed by atoms with van der Waals surface area (Å²) < 4.78 is 1.94. The number of fused-ring (bicyclic) bond motifs is 1. The molecular weight excluding hydrogens is 250 g/mol. The molecule has 0 amide bonds. The largest absolute Gasteiger partial charge is 0.367 e. The van der Waals surface area contributed by atoms with Crippen molar-refractivity contribution in [2.24, 2.45) is 0 Å². The summed E-state index contributed by atoms with van der Waals surface area (Å²) in [4.78, 5) is 4.33.